The molecule has 1 aromatic rings. The molecule has 2 heterocycles. The minimum absolute atomic E-state index is 0.340. The Morgan fingerprint density at radius 3 is 2.30 bits per heavy atom. The molecule has 2 N–H and O–H groups in total. The average molecular weight is 386 g/mol. The summed E-state index contributed by atoms with van der Waals surface area (Å²) in [4.78, 5) is 46.2. The number of carbonyl (C=O) groups excluding carboxylic acids is 3. The highest BCUT2D eigenvalue weighted by Gasteiger charge is 2.51. The summed E-state index contributed by atoms with van der Waals surface area (Å²) in [6.07, 6.45) is -3.71. The van der Waals surface area contributed by atoms with E-state index in [1.54, 1.807) is 0 Å². The molecular weight excluding hydrogens is 367 g/mol. The molecule has 0 spiro atoms. The first-order valence-electron chi connectivity index (χ1n) is 7.91. The number of aromatic nitrogens is 1. The van der Waals surface area contributed by atoms with Gasteiger partial charge in [-0.1, -0.05) is 0 Å². The smallest absolute Gasteiger partial charge is 0.303 e. The van der Waals surface area contributed by atoms with Crippen molar-refractivity contribution < 1.29 is 37.7 Å². The van der Waals surface area contributed by atoms with Crippen molar-refractivity contribution in [1.29, 1.82) is 0 Å². The fraction of sp³-hybridized carbons (Fsp3) is 0.500. The van der Waals surface area contributed by atoms with Gasteiger partial charge in [-0.15, -0.1) is 0 Å². The molecule has 10 nitrogen and oxygen atoms in total. The van der Waals surface area contributed by atoms with E-state index < -0.39 is 53.8 Å². The van der Waals surface area contributed by atoms with Crippen LogP contribution in [0.25, 0.3) is 0 Å². The van der Waals surface area contributed by atoms with Crippen molar-refractivity contribution >= 4 is 23.6 Å². The van der Waals surface area contributed by atoms with E-state index in [1.165, 1.54) is 0 Å². The molecule has 0 saturated carbocycles. The molecule has 0 aliphatic carbocycles. The van der Waals surface area contributed by atoms with E-state index in [4.69, 9.17) is 24.7 Å². The third-order valence-electron chi connectivity index (χ3n) is 3.71. The molecule has 2 rings (SSSR count). The summed E-state index contributed by atoms with van der Waals surface area (Å²) in [6.45, 7) is 3.05. The van der Waals surface area contributed by atoms with Gasteiger partial charge in [0.05, 0.1) is 5.69 Å². The Kier molecular flexibility index (Phi) is 6.16. The summed E-state index contributed by atoms with van der Waals surface area (Å²) in [6, 6.07) is 1.13. The number of pyridine rings is 1. The van der Waals surface area contributed by atoms with Gasteiger partial charge in [-0.25, -0.2) is 0 Å². The number of esters is 3. The van der Waals surface area contributed by atoms with Gasteiger partial charge in [-0.05, 0) is 6.07 Å². The third kappa shape index (κ3) is 4.61. The van der Waals surface area contributed by atoms with Crippen LogP contribution in [0.4, 0.5) is 10.1 Å². The minimum atomic E-state index is -1.33. The highest BCUT2D eigenvalue weighted by molar-refractivity contribution is 5.68. The number of ether oxygens (including phenoxy) is 4. The molecule has 1 saturated heterocycles. The fourth-order valence-corrected chi connectivity index (χ4v) is 2.66. The summed E-state index contributed by atoms with van der Waals surface area (Å²) < 4.78 is 35.5. The molecule has 11 heteroatoms. The van der Waals surface area contributed by atoms with Gasteiger partial charge >= 0.3 is 17.9 Å². The van der Waals surface area contributed by atoms with Gasteiger partial charge in [0.2, 0.25) is 5.82 Å². The number of anilines is 1. The Labute approximate surface area is 152 Å². The highest BCUT2D eigenvalue weighted by atomic mass is 19.1. The molecule has 0 amide bonds. The summed E-state index contributed by atoms with van der Waals surface area (Å²) >= 11 is 0. The van der Waals surface area contributed by atoms with E-state index in [0.717, 1.165) is 37.6 Å². The van der Waals surface area contributed by atoms with Gasteiger partial charge in [0.25, 0.3) is 5.56 Å². The molecular formula is C16H19FN2O8. The second-order valence-corrected chi connectivity index (χ2v) is 5.81. The van der Waals surface area contributed by atoms with Crippen molar-refractivity contribution in [2.75, 3.05) is 12.3 Å². The molecule has 1 fully saturated rings. The molecule has 0 aromatic carbocycles. The predicted octanol–water partition coefficient (Wildman–Crippen LogP) is -0.106. The Hall–Kier alpha value is -2.95. The van der Waals surface area contributed by atoms with E-state index in [-0.39, 0.29) is 12.3 Å². The van der Waals surface area contributed by atoms with E-state index in [0.29, 0.717) is 0 Å². The summed E-state index contributed by atoms with van der Waals surface area (Å²) in [5.74, 6) is -3.30. The van der Waals surface area contributed by atoms with E-state index in [9.17, 15) is 23.6 Å². The number of hydrogen-bond donors (Lipinski definition) is 1. The van der Waals surface area contributed by atoms with Crippen LogP contribution >= 0.6 is 0 Å². The quantitative estimate of drug-likeness (QED) is 0.543. The molecule has 0 radical (unpaired) electrons. The summed E-state index contributed by atoms with van der Waals surface area (Å²) in [7, 11) is 0. The zero-order valence-electron chi connectivity index (χ0n) is 14.8. The van der Waals surface area contributed by atoms with Gasteiger partial charge in [0.15, 0.2) is 18.4 Å². The Bertz CT molecular complexity index is 808. The zero-order valence-corrected chi connectivity index (χ0v) is 14.8. The van der Waals surface area contributed by atoms with Crippen LogP contribution < -0.4 is 11.3 Å². The molecule has 4 unspecified atom stereocenters. The van der Waals surface area contributed by atoms with Crippen molar-refractivity contribution in [3.8, 4) is 0 Å². The zero-order chi connectivity index (χ0) is 20.3. The van der Waals surface area contributed by atoms with Gasteiger partial charge in [-0.2, -0.15) is 4.39 Å². The van der Waals surface area contributed by atoms with Gasteiger partial charge < -0.3 is 24.7 Å². The van der Waals surface area contributed by atoms with Crippen molar-refractivity contribution in [3.63, 3.8) is 0 Å². The number of rotatable bonds is 5. The molecule has 1 aliphatic rings. The van der Waals surface area contributed by atoms with Crippen LogP contribution in [0.15, 0.2) is 17.1 Å². The summed E-state index contributed by atoms with van der Waals surface area (Å²) in [5, 5.41) is 0. The molecule has 1 aromatic heterocycles. The van der Waals surface area contributed by atoms with Crippen molar-refractivity contribution in [2.45, 2.75) is 45.3 Å². The largest absolute Gasteiger partial charge is 0.463 e. The number of nitrogens with two attached hydrogens (primary N) is 1. The first kappa shape index (κ1) is 20.4. The second kappa shape index (κ2) is 8.16. The Balaban J connectivity index is 2.45. The first-order valence-corrected chi connectivity index (χ1v) is 7.91. The van der Waals surface area contributed by atoms with Gasteiger partial charge in [0, 0.05) is 27.0 Å². The molecule has 148 valence electrons. The van der Waals surface area contributed by atoms with E-state index in [2.05, 4.69) is 0 Å². The first-order chi connectivity index (χ1) is 12.6. The second-order valence-electron chi connectivity index (χ2n) is 5.81. The van der Waals surface area contributed by atoms with Crippen LogP contribution in [-0.4, -0.2) is 47.4 Å². The van der Waals surface area contributed by atoms with E-state index >= 15 is 0 Å². The third-order valence-corrected chi connectivity index (χ3v) is 3.71. The number of nitrogens with zero attached hydrogens (tertiary/aromatic N) is 1. The maximum Gasteiger partial charge on any atom is 0.303 e. The average Bonchev–Trinajstić information content (AvgIpc) is 2.87. The molecule has 1 aliphatic heterocycles. The van der Waals surface area contributed by atoms with Crippen LogP contribution in [0.5, 0.6) is 0 Å². The van der Waals surface area contributed by atoms with Gasteiger partial charge in [0.1, 0.15) is 12.7 Å². The maximum atomic E-state index is 13.9. The van der Waals surface area contributed by atoms with Crippen molar-refractivity contribution in [3.05, 3.63) is 28.4 Å². The van der Waals surface area contributed by atoms with Crippen LogP contribution in [0.3, 0.4) is 0 Å². The fourth-order valence-electron chi connectivity index (χ4n) is 2.66. The van der Waals surface area contributed by atoms with Crippen LogP contribution in [0.2, 0.25) is 0 Å². The molecule has 27 heavy (non-hydrogen) atoms. The number of halogens is 1. The highest BCUT2D eigenvalue weighted by Crippen LogP contribution is 2.34. The Morgan fingerprint density at radius 1 is 1.15 bits per heavy atom. The van der Waals surface area contributed by atoms with Gasteiger partial charge in [-0.3, -0.25) is 23.7 Å². The topological polar surface area (TPSA) is 136 Å². The molecule has 4 atom stereocenters. The summed E-state index contributed by atoms with van der Waals surface area (Å²) in [5.41, 5.74) is 3.88. The van der Waals surface area contributed by atoms with Crippen molar-refractivity contribution in [1.82, 2.24) is 4.57 Å². The number of nitrogen functional groups attached to an aromatic ring is 1. The van der Waals surface area contributed by atoms with Crippen LogP contribution in [-0.2, 0) is 33.3 Å². The standard InChI is InChI=1S/C16H19FN2O8/c1-7(20)24-6-11-13(25-8(2)21)14(26-9(3)22)16(27-11)19-5-4-10(18)12(17)15(19)23/h4-5,11,13-14,16H,6,18H2,1-3H3. The van der Waals surface area contributed by atoms with Crippen molar-refractivity contribution in [2.24, 2.45) is 0 Å². The Morgan fingerprint density at radius 2 is 1.74 bits per heavy atom. The number of carbonyl (C=O) groups is 3. The lowest BCUT2D eigenvalue weighted by molar-refractivity contribution is -0.166. The minimum Gasteiger partial charge on any atom is -0.463 e. The lowest BCUT2D eigenvalue weighted by Gasteiger charge is -2.24. The lowest BCUT2D eigenvalue weighted by Crippen LogP contribution is -2.41. The SMILES string of the molecule is CC(=O)OCC1OC(n2ccc(N)c(F)c2=O)C(OC(C)=O)C1OC(C)=O. The normalized spacial score (nSPS) is 24.3. The van der Waals surface area contributed by atoms with Crippen LogP contribution in [0, 0.1) is 5.82 Å². The van der Waals surface area contributed by atoms with Crippen LogP contribution in [0.1, 0.15) is 27.0 Å². The molecule has 0 bridgehead atoms. The predicted molar refractivity (Wildman–Crippen MR) is 86.7 cm³/mol. The number of hydrogen-bond acceptors (Lipinski definition) is 9. The lowest BCUT2D eigenvalue weighted by atomic mass is 10.1. The monoisotopic (exact) mass is 386 g/mol. The van der Waals surface area contributed by atoms with E-state index in [1.807, 2.05) is 0 Å². The maximum absolute atomic E-state index is 13.9.